The number of benzene rings is 1. The number of carbonyl (C=O) groups excluding carboxylic acids is 2. The van der Waals surface area contributed by atoms with Crippen LogP contribution in [-0.4, -0.2) is 55.5 Å². The minimum absolute atomic E-state index is 0.0186. The fourth-order valence-electron chi connectivity index (χ4n) is 3.96. The van der Waals surface area contributed by atoms with Crippen LogP contribution in [0.2, 0.25) is 0 Å². The van der Waals surface area contributed by atoms with Gasteiger partial charge in [0.2, 0.25) is 5.58 Å². The van der Waals surface area contributed by atoms with Gasteiger partial charge in [0, 0.05) is 18.7 Å². The lowest BCUT2D eigenvalue weighted by Crippen LogP contribution is -2.46. The second kappa shape index (κ2) is 7.33. The predicted molar refractivity (Wildman–Crippen MR) is 99.4 cm³/mol. The molecule has 0 bridgehead atoms. The van der Waals surface area contributed by atoms with E-state index in [2.05, 4.69) is 5.16 Å². The first kappa shape index (κ1) is 19.1. The normalized spacial score (nSPS) is 24.6. The summed E-state index contributed by atoms with van der Waals surface area (Å²) >= 11 is 0. The van der Waals surface area contributed by atoms with E-state index >= 15 is 4.39 Å². The number of aldehydes is 1. The number of cyclic esters (lactones) is 1. The highest BCUT2D eigenvalue weighted by molar-refractivity contribution is 6.03. The molecule has 0 aliphatic carbocycles. The molecule has 4 rings (SSSR count). The van der Waals surface area contributed by atoms with Crippen molar-refractivity contribution in [2.75, 3.05) is 29.5 Å². The Morgan fingerprint density at radius 2 is 2.10 bits per heavy atom. The van der Waals surface area contributed by atoms with Crippen molar-refractivity contribution >= 4 is 34.9 Å². The summed E-state index contributed by atoms with van der Waals surface area (Å²) in [4.78, 5) is 26.9. The maximum absolute atomic E-state index is 15.4. The van der Waals surface area contributed by atoms with E-state index in [-0.39, 0.29) is 53.3 Å². The average Bonchev–Trinajstić information content (AvgIpc) is 3.24. The van der Waals surface area contributed by atoms with Gasteiger partial charge in [-0.1, -0.05) is 5.16 Å². The molecule has 2 saturated heterocycles. The SMILES string of the molecule is C[C@@H]1CN(c2c(C=O)cc3c(N4C(=O)OC[C@@H]4CC#N)noc3c2F)C[C@@H](C)O1. The Balaban J connectivity index is 1.83. The van der Waals surface area contributed by atoms with Gasteiger partial charge < -0.3 is 18.9 Å². The number of fused-ring (bicyclic) bond motifs is 1. The molecule has 0 saturated carbocycles. The first-order valence-electron chi connectivity index (χ1n) is 9.25. The summed E-state index contributed by atoms with van der Waals surface area (Å²) in [5.74, 6) is -0.700. The van der Waals surface area contributed by atoms with Gasteiger partial charge in [0.15, 0.2) is 17.9 Å². The number of amides is 1. The number of nitrogens with zero attached hydrogens (tertiary/aromatic N) is 4. The molecule has 1 aromatic carbocycles. The lowest BCUT2D eigenvalue weighted by atomic mass is 10.1. The Kier molecular flexibility index (Phi) is 4.84. The molecule has 152 valence electrons. The van der Waals surface area contributed by atoms with E-state index in [1.807, 2.05) is 19.9 Å². The third-order valence-electron chi connectivity index (χ3n) is 5.07. The number of anilines is 2. The minimum atomic E-state index is -0.728. The van der Waals surface area contributed by atoms with Gasteiger partial charge in [0.1, 0.15) is 6.61 Å². The highest BCUT2D eigenvalue weighted by atomic mass is 19.1. The highest BCUT2D eigenvalue weighted by Gasteiger charge is 2.38. The molecule has 0 N–H and O–H groups in total. The Labute approximate surface area is 165 Å². The quantitative estimate of drug-likeness (QED) is 0.718. The van der Waals surface area contributed by atoms with Gasteiger partial charge in [0.05, 0.1) is 41.8 Å². The molecule has 2 aromatic rings. The van der Waals surface area contributed by atoms with E-state index < -0.39 is 18.0 Å². The smallest absolute Gasteiger partial charge is 0.416 e. The van der Waals surface area contributed by atoms with Crippen LogP contribution in [0.15, 0.2) is 10.6 Å². The fourth-order valence-corrected chi connectivity index (χ4v) is 3.96. The molecular weight excluding hydrogens is 383 g/mol. The number of nitriles is 1. The van der Waals surface area contributed by atoms with Crippen LogP contribution in [0, 0.1) is 17.1 Å². The van der Waals surface area contributed by atoms with Crippen molar-refractivity contribution in [3.63, 3.8) is 0 Å². The first-order valence-corrected chi connectivity index (χ1v) is 9.25. The number of carbonyl (C=O) groups is 2. The van der Waals surface area contributed by atoms with Gasteiger partial charge in [-0.3, -0.25) is 9.69 Å². The van der Waals surface area contributed by atoms with E-state index in [4.69, 9.17) is 19.3 Å². The van der Waals surface area contributed by atoms with Gasteiger partial charge in [-0.25, -0.2) is 9.18 Å². The zero-order valence-corrected chi connectivity index (χ0v) is 15.9. The summed E-state index contributed by atoms with van der Waals surface area (Å²) < 4.78 is 31.3. The van der Waals surface area contributed by atoms with Crippen LogP contribution in [0.25, 0.3) is 11.0 Å². The fraction of sp³-hybridized carbons (Fsp3) is 0.474. The van der Waals surface area contributed by atoms with Crippen LogP contribution in [-0.2, 0) is 9.47 Å². The van der Waals surface area contributed by atoms with Gasteiger partial charge in [-0.2, -0.15) is 5.26 Å². The standard InChI is InChI=1S/C19H19FN4O5/c1-10-6-23(7-11(2)28-10)16-12(8-25)5-14-17(15(16)20)29-22-18(14)24-13(3-4-21)9-27-19(24)26/h5,8,10-11,13H,3,6-7,9H2,1-2H3/t10-,11-,13+/m1/s1. The number of morpholine rings is 1. The third kappa shape index (κ3) is 3.17. The number of hydrogen-bond acceptors (Lipinski definition) is 8. The lowest BCUT2D eigenvalue weighted by Gasteiger charge is -2.37. The molecule has 1 amide bonds. The Bertz CT molecular complexity index is 1010. The zero-order chi connectivity index (χ0) is 20.7. The van der Waals surface area contributed by atoms with Crippen LogP contribution in [0.5, 0.6) is 0 Å². The second-order valence-electron chi connectivity index (χ2n) is 7.25. The predicted octanol–water partition coefficient (Wildman–Crippen LogP) is 2.63. The molecule has 3 atom stereocenters. The van der Waals surface area contributed by atoms with Gasteiger partial charge >= 0.3 is 6.09 Å². The molecule has 10 heteroatoms. The van der Waals surface area contributed by atoms with Crippen LogP contribution in [0.4, 0.5) is 20.7 Å². The Hall–Kier alpha value is -3.19. The topological polar surface area (TPSA) is 109 Å². The van der Waals surface area contributed by atoms with Crippen LogP contribution < -0.4 is 9.80 Å². The Morgan fingerprint density at radius 1 is 1.38 bits per heavy atom. The van der Waals surface area contributed by atoms with Crippen LogP contribution in [0.3, 0.4) is 0 Å². The van der Waals surface area contributed by atoms with E-state index in [0.717, 1.165) is 0 Å². The Morgan fingerprint density at radius 3 is 2.76 bits per heavy atom. The van der Waals surface area contributed by atoms with Crippen molar-refractivity contribution in [2.45, 2.75) is 38.5 Å². The van der Waals surface area contributed by atoms with Crippen molar-refractivity contribution < 1.29 is 28.0 Å². The van der Waals surface area contributed by atoms with E-state index in [9.17, 15) is 9.59 Å². The average molecular weight is 402 g/mol. The van der Waals surface area contributed by atoms with Crippen LogP contribution >= 0.6 is 0 Å². The number of aromatic nitrogens is 1. The minimum Gasteiger partial charge on any atom is -0.447 e. The molecule has 29 heavy (non-hydrogen) atoms. The largest absolute Gasteiger partial charge is 0.447 e. The second-order valence-corrected chi connectivity index (χ2v) is 7.25. The zero-order valence-electron chi connectivity index (χ0n) is 15.9. The molecule has 0 radical (unpaired) electrons. The molecule has 2 aliphatic rings. The monoisotopic (exact) mass is 402 g/mol. The molecule has 1 aromatic heterocycles. The maximum atomic E-state index is 15.4. The summed E-state index contributed by atoms with van der Waals surface area (Å²) in [5, 5.41) is 13.0. The summed E-state index contributed by atoms with van der Waals surface area (Å²) in [7, 11) is 0. The number of rotatable bonds is 4. The van der Waals surface area contributed by atoms with Gasteiger partial charge in [-0.15, -0.1) is 0 Å². The molecule has 3 heterocycles. The van der Waals surface area contributed by atoms with E-state index in [1.54, 1.807) is 4.90 Å². The van der Waals surface area contributed by atoms with Crippen molar-refractivity contribution in [1.82, 2.24) is 5.16 Å². The first-order chi connectivity index (χ1) is 13.9. The van der Waals surface area contributed by atoms with Gasteiger partial charge in [0.25, 0.3) is 0 Å². The highest BCUT2D eigenvalue weighted by Crippen LogP contribution is 2.38. The lowest BCUT2D eigenvalue weighted by molar-refractivity contribution is -0.00543. The summed E-state index contributed by atoms with van der Waals surface area (Å²) in [6, 6.07) is 2.87. The van der Waals surface area contributed by atoms with E-state index in [0.29, 0.717) is 19.4 Å². The summed E-state index contributed by atoms with van der Waals surface area (Å²) in [6.45, 7) is 4.60. The number of hydrogen-bond donors (Lipinski definition) is 0. The molecule has 0 unspecified atom stereocenters. The van der Waals surface area contributed by atoms with Crippen LogP contribution in [0.1, 0.15) is 30.6 Å². The molecule has 2 fully saturated rings. The van der Waals surface area contributed by atoms with E-state index in [1.165, 1.54) is 11.0 Å². The summed E-state index contributed by atoms with van der Waals surface area (Å²) in [5.41, 5.74) is 0.0720. The molecule has 0 spiro atoms. The maximum Gasteiger partial charge on any atom is 0.416 e. The number of ether oxygens (including phenoxy) is 2. The van der Waals surface area contributed by atoms with Crippen molar-refractivity contribution in [2.24, 2.45) is 0 Å². The van der Waals surface area contributed by atoms with Gasteiger partial charge in [-0.05, 0) is 19.9 Å². The molecular formula is C19H19FN4O5. The third-order valence-corrected chi connectivity index (χ3v) is 5.07. The molecule has 2 aliphatic heterocycles. The summed E-state index contributed by atoms with van der Waals surface area (Å²) in [6.07, 6.45) is -0.387. The number of halogens is 1. The van der Waals surface area contributed by atoms with Crippen molar-refractivity contribution in [3.8, 4) is 6.07 Å². The molecule has 9 nitrogen and oxygen atoms in total. The van der Waals surface area contributed by atoms with Crippen molar-refractivity contribution in [3.05, 3.63) is 17.4 Å². The van der Waals surface area contributed by atoms with Crippen molar-refractivity contribution in [1.29, 1.82) is 5.26 Å².